The molecule has 4 nitrogen and oxygen atoms in total. The highest BCUT2D eigenvalue weighted by atomic mass is 16.4. The fourth-order valence-corrected chi connectivity index (χ4v) is 3.14. The fourth-order valence-electron chi connectivity index (χ4n) is 3.14. The second-order valence-electron chi connectivity index (χ2n) is 6.19. The first kappa shape index (κ1) is 16.5. The molecule has 1 fully saturated rings. The minimum absolute atomic E-state index is 0.0770. The van der Waals surface area contributed by atoms with E-state index in [9.17, 15) is 9.59 Å². The van der Waals surface area contributed by atoms with Crippen molar-refractivity contribution in [2.75, 3.05) is 7.05 Å². The van der Waals surface area contributed by atoms with Crippen LogP contribution in [0.1, 0.15) is 60.9 Å². The molecule has 0 bridgehead atoms. The summed E-state index contributed by atoms with van der Waals surface area (Å²) in [5.74, 6) is -0.879. The zero-order valence-electron chi connectivity index (χ0n) is 13.3. The monoisotopic (exact) mass is 303 g/mol. The molecule has 0 unspecified atom stereocenters. The molecule has 22 heavy (non-hydrogen) atoms. The molecule has 0 aliphatic heterocycles. The number of amides is 1. The van der Waals surface area contributed by atoms with E-state index in [1.807, 2.05) is 18.0 Å². The maximum atomic E-state index is 12.5. The van der Waals surface area contributed by atoms with Gasteiger partial charge in [0.1, 0.15) is 0 Å². The number of carbonyl (C=O) groups is 2. The van der Waals surface area contributed by atoms with E-state index >= 15 is 0 Å². The quantitative estimate of drug-likeness (QED) is 0.926. The molecule has 0 radical (unpaired) electrons. The Balaban J connectivity index is 1.98. The molecule has 0 spiro atoms. The molecule has 1 saturated carbocycles. The summed E-state index contributed by atoms with van der Waals surface area (Å²) in [7, 11) is 1.88. The van der Waals surface area contributed by atoms with Gasteiger partial charge in [-0.1, -0.05) is 44.2 Å². The normalized spacial score (nSPS) is 16.6. The van der Waals surface area contributed by atoms with Crippen molar-refractivity contribution in [2.24, 2.45) is 0 Å². The summed E-state index contributed by atoms with van der Waals surface area (Å²) < 4.78 is 0. The van der Waals surface area contributed by atoms with Crippen LogP contribution >= 0.6 is 0 Å². The van der Waals surface area contributed by atoms with Gasteiger partial charge < -0.3 is 10.0 Å². The van der Waals surface area contributed by atoms with Gasteiger partial charge in [0.2, 0.25) is 5.91 Å². The van der Waals surface area contributed by atoms with Crippen LogP contribution < -0.4 is 0 Å². The van der Waals surface area contributed by atoms with Crippen LogP contribution in [0.15, 0.2) is 24.3 Å². The molecule has 120 valence electrons. The Morgan fingerprint density at radius 3 is 2.41 bits per heavy atom. The molecule has 1 N–H and O–H groups in total. The number of benzene rings is 1. The molecule has 1 aromatic carbocycles. The van der Waals surface area contributed by atoms with Crippen LogP contribution in [-0.4, -0.2) is 35.0 Å². The van der Waals surface area contributed by atoms with Crippen molar-refractivity contribution < 1.29 is 14.7 Å². The van der Waals surface area contributed by atoms with Gasteiger partial charge in [-0.2, -0.15) is 0 Å². The number of aromatic carboxylic acids is 1. The van der Waals surface area contributed by atoms with Gasteiger partial charge >= 0.3 is 5.97 Å². The minimum atomic E-state index is -0.956. The minimum Gasteiger partial charge on any atom is -0.478 e. The zero-order chi connectivity index (χ0) is 15.9. The summed E-state index contributed by atoms with van der Waals surface area (Å²) in [5.41, 5.74) is 1.00. The van der Waals surface area contributed by atoms with Crippen LogP contribution in [0.25, 0.3) is 0 Å². The Hall–Kier alpha value is -1.84. The molecule has 1 aromatic rings. The average Bonchev–Trinajstić information content (AvgIpc) is 2.46. The number of hydrogen-bond donors (Lipinski definition) is 1. The van der Waals surface area contributed by atoms with E-state index in [0.29, 0.717) is 6.04 Å². The average molecular weight is 303 g/mol. The SMILES string of the molecule is CN(C(=O)Cc1cccc(C(=O)O)c1)C1CCCCCCC1. The van der Waals surface area contributed by atoms with E-state index in [-0.39, 0.29) is 17.9 Å². The molecule has 0 saturated heterocycles. The lowest BCUT2D eigenvalue weighted by Crippen LogP contribution is -2.38. The maximum Gasteiger partial charge on any atom is 0.335 e. The number of rotatable bonds is 4. The van der Waals surface area contributed by atoms with Gasteiger partial charge in [0.05, 0.1) is 12.0 Å². The summed E-state index contributed by atoms with van der Waals surface area (Å²) in [6, 6.07) is 6.98. The molecule has 0 atom stereocenters. The predicted octanol–water partition coefficient (Wildman–Crippen LogP) is 3.50. The van der Waals surface area contributed by atoms with Gasteiger partial charge in [0.15, 0.2) is 0 Å². The van der Waals surface area contributed by atoms with E-state index in [2.05, 4.69) is 0 Å². The lowest BCUT2D eigenvalue weighted by molar-refractivity contribution is -0.131. The van der Waals surface area contributed by atoms with Crippen LogP contribution in [0.3, 0.4) is 0 Å². The molecular weight excluding hydrogens is 278 g/mol. The third kappa shape index (κ3) is 4.58. The van der Waals surface area contributed by atoms with Crippen LogP contribution in [0.5, 0.6) is 0 Å². The molecule has 0 aromatic heterocycles. The van der Waals surface area contributed by atoms with Crippen molar-refractivity contribution in [1.82, 2.24) is 4.90 Å². The highest BCUT2D eigenvalue weighted by Crippen LogP contribution is 2.21. The highest BCUT2D eigenvalue weighted by molar-refractivity contribution is 5.88. The molecule has 2 rings (SSSR count). The lowest BCUT2D eigenvalue weighted by atomic mass is 9.95. The van der Waals surface area contributed by atoms with Gasteiger partial charge in [-0.25, -0.2) is 4.79 Å². The first-order valence-electron chi connectivity index (χ1n) is 8.16. The Kier molecular flexibility index (Phi) is 5.99. The third-order valence-electron chi connectivity index (χ3n) is 4.55. The van der Waals surface area contributed by atoms with Crippen LogP contribution in [0.4, 0.5) is 0 Å². The first-order chi connectivity index (χ1) is 10.6. The van der Waals surface area contributed by atoms with Crippen LogP contribution in [0, 0.1) is 0 Å². The largest absolute Gasteiger partial charge is 0.478 e. The first-order valence-corrected chi connectivity index (χ1v) is 8.16. The van der Waals surface area contributed by atoms with Gasteiger partial charge in [-0.05, 0) is 30.5 Å². The second-order valence-corrected chi connectivity index (χ2v) is 6.19. The molecule has 1 amide bonds. The maximum absolute atomic E-state index is 12.5. The molecule has 0 heterocycles. The number of carbonyl (C=O) groups excluding carboxylic acids is 1. The number of likely N-dealkylation sites (N-methyl/N-ethyl adjacent to an activating group) is 1. The second kappa shape index (κ2) is 7.97. The van der Waals surface area contributed by atoms with Crippen molar-refractivity contribution in [1.29, 1.82) is 0 Å². The van der Waals surface area contributed by atoms with Crippen molar-refractivity contribution in [2.45, 2.75) is 57.4 Å². The van der Waals surface area contributed by atoms with Gasteiger partial charge in [0, 0.05) is 13.1 Å². The van der Waals surface area contributed by atoms with Crippen molar-refractivity contribution in [3.63, 3.8) is 0 Å². The van der Waals surface area contributed by atoms with Crippen molar-refractivity contribution in [3.05, 3.63) is 35.4 Å². The summed E-state index contributed by atoms with van der Waals surface area (Å²) >= 11 is 0. The predicted molar refractivity (Wildman–Crippen MR) is 86.0 cm³/mol. The van der Waals surface area contributed by atoms with Crippen molar-refractivity contribution >= 4 is 11.9 Å². The number of carboxylic acids is 1. The van der Waals surface area contributed by atoms with Gasteiger partial charge in [-0.3, -0.25) is 4.79 Å². The lowest BCUT2D eigenvalue weighted by Gasteiger charge is -2.30. The van der Waals surface area contributed by atoms with Crippen LogP contribution in [0.2, 0.25) is 0 Å². The Bertz CT molecular complexity index is 519. The number of hydrogen-bond acceptors (Lipinski definition) is 2. The molecular formula is C18H25NO3. The summed E-state index contributed by atoms with van der Waals surface area (Å²) in [6.07, 6.45) is 8.65. The van der Waals surface area contributed by atoms with Crippen molar-refractivity contribution in [3.8, 4) is 0 Å². The van der Waals surface area contributed by atoms with E-state index in [0.717, 1.165) is 18.4 Å². The smallest absolute Gasteiger partial charge is 0.335 e. The molecule has 4 heteroatoms. The van der Waals surface area contributed by atoms with E-state index < -0.39 is 5.97 Å². The third-order valence-corrected chi connectivity index (χ3v) is 4.55. The van der Waals surface area contributed by atoms with Gasteiger partial charge in [0.25, 0.3) is 0 Å². The topological polar surface area (TPSA) is 57.6 Å². The zero-order valence-corrected chi connectivity index (χ0v) is 13.3. The molecule has 1 aliphatic rings. The summed E-state index contributed by atoms with van der Waals surface area (Å²) in [5, 5.41) is 9.02. The Labute approximate surface area is 132 Å². The Morgan fingerprint density at radius 2 is 1.77 bits per heavy atom. The summed E-state index contributed by atoms with van der Waals surface area (Å²) in [4.78, 5) is 25.3. The molecule has 1 aliphatic carbocycles. The standard InChI is InChI=1S/C18H25NO3/c1-19(16-10-5-3-2-4-6-11-16)17(20)13-14-8-7-9-15(12-14)18(21)22/h7-9,12,16H,2-6,10-11,13H2,1H3,(H,21,22). The van der Waals surface area contributed by atoms with E-state index in [4.69, 9.17) is 5.11 Å². The van der Waals surface area contributed by atoms with E-state index in [1.165, 1.54) is 32.1 Å². The van der Waals surface area contributed by atoms with Crippen LogP contribution in [-0.2, 0) is 11.2 Å². The number of carboxylic acid groups (broad SMARTS) is 1. The highest BCUT2D eigenvalue weighted by Gasteiger charge is 2.20. The Morgan fingerprint density at radius 1 is 1.14 bits per heavy atom. The summed E-state index contributed by atoms with van der Waals surface area (Å²) in [6.45, 7) is 0. The van der Waals surface area contributed by atoms with Gasteiger partial charge in [-0.15, -0.1) is 0 Å². The fraction of sp³-hybridized carbons (Fsp3) is 0.556. The van der Waals surface area contributed by atoms with E-state index in [1.54, 1.807) is 18.2 Å². The number of nitrogens with zero attached hydrogens (tertiary/aromatic N) is 1.